The highest BCUT2D eigenvalue weighted by Gasteiger charge is 2.28. The number of fused-ring (bicyclic) bond motifs is 1. The minimum Gasteiger partial charge on any atom is -0.324 e. The Morgan fingerprint density at radius 2 is 2.17 bits per heavy atom. The molecule has 0 saturated carbocycles. The van der Waals surface area contributed by atoms with Gasteiger partial charge in [-0.3, -0.25) is 9.59 Å². The molecule has 1 aromatic rings. The van der Waals surface area contributed by atoms with E-state index < -0.39 is 0 Å². The summed E-state index contributed by atoms with van der Waals surface area (Å²) in [6.45, 7) is 3.89. The van der Waals surface area contributed by atoms with Crippen LogP contribution in [0.3, 0.4) is 0 Å². The average Bonchev–Trinajstić information content (AvgIpc) is 2.43. The fraction of sp³-hybridized carbons (Fsp3) is 0.429. The molecular formula is C14H18N2O2. The molecule has 0 spiro atoms. The number of nitrogens with one attached hydrogen (secondary N) is 1. The van der Waals surface area contributed by atoms with Gasteiger partial charge in [-0.2, -0.15) is 0 Å². The quantitative estimate of drug-likeness (QED) is 0.871. The number of hydrogen-bond acceptors (Lipinski definition) is 2. The molecule has 1 aromatic carbocycles. The number of carbonyl (C=O) groups is 2. The minimum absolute atomic E-state index is 0.0400. The molecule has 1 aliphatic rings. The van der Waals surface area contributed by atoms with Crippen molar-refractivity contribution < 1.29 is 9.59 Å². The van der Waals surface area contributed by atoms with Crippen molar-refractivity contribution in [2.45, 2.75) is 39.2 Å². The van der Waals surface area contributed by atoms with E-state index in [4.69, 9.17) is 0 Å². The molecule has 1 N–H and O–H groups in total. The molecule has 4 heteroatoms. The van der Waals surface area contributed by atoms with Crippen LogP contribution in [0.2, 0.25) is 0 Å². The van der Waals surface area contributed by atoms with Gasteiger partial charge in [0.15, 0.2) is 0 Å². The molecule has 0 fully saturated rings. The molecule has 4 nitrogen and oxygen atoms in total. The number of hydrogen-bond donors (Lipinski definition) is 1. The van der Waals surface area contributed by atoms with Gasteiger partial charge in [0, 0.05) is 18.9 Å². The lowest BCUT2D eigenvalue weighted by Crippen LogP contribution is -2.38. The highest BCUT2D eigenvalue weighted by Crippen LogP contribution is 2.31. The number of anilines is 2. The Morgan fingerprint density at radius 1 is 1.44 bits per heavy atom. The zero-order valence-electron chi connectivity index (χ0n) is 10.8. The highest BCUT2D eigenvalue weighted by molar-refractivity contribution is 6.04. The molecule has 96 valence electrons. The van der Waals surface area contributed by atoms with Crippen LogP contribution in [0.15, 0.2) is 24.3 Å². The molecule has 18 heavy (non-hydrogen) atoms. The summed E-state index contributed by atoms with van der Waals surface area (Å²) in [6.07, 6.45) is 1.66. The second-order valence-corrected chi connectivity index (χ2v) is 4.63. The summed E-state index contributed by atoms with van der Waals surface area (Å²) in [6, 6.07) is 7.35. The molecular weight excluding hydrogens is 228 g/mol. The third kappa shape index (κ3) is 2.37. The van der Waals surface area contributed by atoms with E-state index >= 15 is 0 Å². The van der Waals surface area contributed by atoms with Gasteiger partial charge in [-0.1, -0.05) is 19.1 Å². The van der Waals surface area contributed by atoms with Gasteiger partial charge in [0.1, 0.15) is 0 Å². The van der Waals surface area contributed by atoms with Gasteiger partial charge in [0.25, 0.3) is 0 Å². The van der Waals surface area contributed by atoms with Crippen LogP contribution in [0.4, 0.5) is 11.4 Å². The summed E-state index contributed by atoms with van der Waals surface area (Å²) in [4.78, 5) is 25.7. The smallest absolute Gasteiger partial charge is 0.227 e. The predicted octanol–water partition coefficient (Wildman–Crippen LogP) is 2.55. The molecule has 1 aliphatic heterocycles. The first kappa shape index (κ1) is 12.6. The monoisotopic (exact) mass is 246 g/mol. The molecule has 1 heterocycles. The maximum atomic E-state index is 12.2. The first-order chi connectivity index (χ1) is 8.63. The van der Waals surface area contributed by atoms with Crippen molar-refractivity contribution >= 4 is 23.2 Å². The van der Waals surface area contributed by atoms with E-state index in [9.17, 15) is 9.59 Å². The molecule has 0 radical (unpaired) electrons. The Hall–Kier alpha value is -1.84. The zero-order valence-corrected chi connectivity index (χ0v) is 10.8. The van der Waals surface area contributed by atoms with E-state index in [1.165, 1.54) is 0 Å². The second-order valence-electron chi connectivity index (χ2n) is 4.63. The van der Waals surface area contributed by atoms with Gasteiger partial charge in [-0.15, -0.1) is 0 Å². The zero-order chi connectivity index (χ0) is 13.1. The van der Waals surface area contributed by atoms with Crippen molar-refractivity contribution in [1.29, 1.82) is 0 Å². The Morgan fingerprint density at radius 3 is 2.89 bits per heavy atom. The van der Waals surface area contributed by atoms with Gasteiger partial charge in [-0.25, -0.2) is 0 Å². The summed E-state index contributed by atoms with van der Waals surface area (Å²) < 4.78 is 0. The average molecular weight is 246 g/mol. The van der Waals surface area contributed by atoms with E-state index in [2.05, 4.69) is 5.32 Å². The van der Waals surface area contributed by atoms with Crippen LogP contribution >= 0.6 is 0 Å². The number of benzene rings is 1. The number of amides is 2. The normalized spacial score (nSPS) is 18.9. The van der Waals surface area contributed by atoms with Gasteiger partial charge >= 0.3 is 0 Å². The molecule has 0 aromatic heterocycles. The molecule has 0 unspecified atom stereocenters. The third-order valence-electron chi connectivity index (χ3n) is 3.09. The van der Waals surface area contributed by atoms with Crippen molar-refractivity contribution in [2.24, 2.45) is 0 Å². The second kappa shape index (κ2) is 5.21. The molecule has 2 rings (SSSR count). The van der Waals surface area contributed by atoms with E-state index in [1.54, 1.807) is 4.90 Å². The summed E-state index contributed by atoms with van der Waals surface area (Å²) in [7, 11) is 0. The summed E-state index contributed by atoms with van der Waals surface area (Å²) in [5.74, 6) is 0.0377. The van der Waals surface area contributed by atoms with Crippen molar-refractivity contribution in [3.05, 3.63) is 24.3 Å². The van der Waals surface area contributed by atoms with Crippen molar-refractivity contribution in [3.63, 3.8) is 0 Å². The van der Waals surface area contributed by atoms with E-state index in [1.807, 2.05) is 38.1 Å². The lowest BCUT2D eigenvalue weighted by atomic mass is 10.1. The van der Waals surface area contributed by atoms with Crippen LogP contribution in [0.1, 0.15) is 33.1 Å². The van der Waals surface area contributed by atoms with Gasteiger partial charge < -0.3 is 10.2 Å². The predicted molar refractivity (Wildman–Crippen MR) is 71.5 cm³/mol. The largest absolute Gasteiger partial charge is 0.324 e. The summed E-state index contributed by atoms with van der Waals surface area (Å²) in [5.41, 5.74) is 1.52. The maximum absolute atomic E-state index is 12.2. The van der Waals surface area contributed by atoms with Crippen LogP contribution in [0, 0.1) is 0 Å². The van der Waals surface area contributed by atoms with Gasteiger partial charge in [0.05, 0.1) is 11.4 Å². The fourth-order valence-corrected chi connectivity index (χ4v) is 2.30. The molecule has 0 aliphatic carbocycles. The summed E-state index contributed by atoms with van der Waals surface area (Å²) in [5, 5.41) is 2.85. The molecule has 2 amide bonds. The Labute approximate surface area is 107 Å². The van der Waals surface area contributed by atoms with Crippen LogP contribution in [0.25, 0.3) is 0 Å². The topological polar surface area (TPSA) is 49.4 Å². The minimum atomic E-state index is -0.104. The van der Waals surface area contributed by atoms with E-state index in [-0.39, 0.29) is 17.9 Å². The van der Waals surface area contributed by atoms with E-state index in [0.717, 1.165) is 17.8 Å². The molecule has 0 bridgehead atoms. The van der Waals surface area contributed by atoms with Crippen molar-refractivity contribution in [3.8, 4) is 0 Å². The first-order valence-corrected chi connectivity index (χ1v) is 6.34. The number of carbonyl (C=O) groups excluding carboxylic acids is 2. The van der Waals surface area contributed by atoms with Crippen LogP contribution < -0.4 is 10.2 Å². The Kier molecular flexibility index (Phi) is 3.65. The van der Waals surface area contributed by atoms with E-state index in [0.29, 0.717) is 12.8 Å². The highest BCUT2D eigenvalue weighted by atomic mass is 16.2. The first-order valence-electron chi connectivity index (χ1n) is 6.34. The lowest BCUT2D eigenvalue weighted by molar-refractivity contribution is -0.119. The third-order valence-corrected chi connectivity index (χ3v) is 3.09. The fourth-order valence-electron chi connectivity index (χ4n) is 2.30. The number of nitrogens with zero attached hydrogens (tertiary/aromatic N) is 1. The molecule has 1 atom stereocenters. The number of para-hydroxylation sites is 2. The standard InChI is InChI=1S/C14H18N2O2/c1-3-6-14(18)16-10(2)9-13(17)15-11-7-4-5-8-12(11)16/h4-5,7-8,10H,3,6,9H2,1-2H3,(H,15,17)/t10-/m1/s1. The number of rotatable bonds is 2. The molecule has 0 saturated heterocycles. The maximum Gasteiger partial charge on any atom is 0.227 e. The Balaban J connectivity index is 2.43. The van der Waals surface area contributed by atoms with Crippen molar-refractivity contribution in [2.75, 3.05) is 10.2 Å². The van der Waals surface area contributed by atoms with Crippen molar-refractivity contribution in [1.82, 2.24) is 0 Å². The van der Waals surface area contributed by atoms with Crippen LogP contribution in [0.5, 0.6) is 0 Å². The lowest BCUT2D eigenvalue weighted by Gasteiger charge is -2.27. The van der Waals surface area contributed by atoms with Gasteiger partial charge in [-0.05, 0) is 25.5 Å². The van der Waals surface area contributed by atoms with Gasteiger partial charge in [0.2, 0.25) is 11.8 Å². The Bertz CT molecular complexity index is 471. The van der Waals surface area contributed by atoms with Crippen LogP contribution in [-0.2, 0) is 9.59 Å². The summed E-state index contributed by atoms with van der Waals surface area (Å²) >= 11 is 0. The SMILES string of the molecule is CCCC(=O)N1c2ccccc2NC(=O)C[C@H]1C. The van der Waals surface area contributed by atoms with Crippen LogP contribution in [-0.4, -0.2) is 17.9 Å².